The van der Waals surface area contributed by atoms with Crippen molar-refractivity contribution >= 4 is 5.70 Å². The summed E-state index contributed by atoms with van der Waals surface area (Å²) in [6, 6.07) is 1.83. The van der Waals surface area contributed by atoms with E-state index in [1.807, 2.05) is 19.1 Å². The largest absolute Gasteiger partial charge is 0.396 e. The molecule has 1 unspecified atom stereocenters. The van der Waals surface area contributed by atoms with Gasteiger partial charge in [0, 0.05) is 6.04 Å². The third kappa shape index (κ3) is 1.31. The molecule has 0 fully saturated rings. The molecular formula is C10H10N4O. The van der Waals surface area contributed by atoms with Gasteiger partial charge in [0.25, 0.3) is 5.56 Å². The second kappa shape index (κ2) is 3.24. The van der Waals surface area contributed by atoms with Gasteiger partial charge in [-0.3, -0.25) is 9.36 Å². The van der Waals surface area contributed by atoms with Gasteiger partial charge in [-0.1, -0.05) is 6.08 Å². The first-order valence-electron chi connectivity index (χ1n) is 4.62. The Morgan fingerprint density at radius 2 is 2.47 bits per heavy atom. The van der Waals surface area contributed by atoms with E-state index < -0.39 is 0 Å². The summed E-state index contributed by atoms with van der Waals surface area (Å²) in [5.41, 5.74) is 5.96. The maximum Gasteiger partial charge on any atom is 0.272 e. The molecule has 15 heavy (non-hydrogen) atoms. The number of fused-ring (bicyclic) bond motifs is 1. The van der Waals surface area contributed by atoms with Gasteiger partial charge in [0.1, 0.15) is 11.6 Å². The summed E-state index contributed by atoms with van der Waals surface area (Å²) in [5.74, 6) is 0.456. The Labute approximate surface area is 86.5 Å². The smallest absolute Gasteiger partial charge is 0.272 e. The number of aromatic nitrogens is 2. The molecule has 0 radical (unpaired) electrons. The SMILES string of the molecule is CC1CC=C(N)c2ncc(C#N)c(=O)n21. The molecule has 1 atom stereocenters. The van der Waals surface area contributed by atoms with Crippen LogP contribution in [0.2, 0.25) is 0 Å². The average Bonchev–Trinajstić information content (AvgIpc) is 2.23. The lowest BCUT2D eigenvalue weighted by atomic mass is 10.1. The fourth-order valence-electron chi connectivity index (χ4n) is 1.66. The zero-order valence-electron chi connectivity index (χ0n) is 8.27. The van der Waals surface area contributed by atoms with Crippen molar-refractivity contribution in [2.45, 2.75) is 19.4 Å². The number of nitriles is 1. The third-order valence-corrected chi connectivity index (χ3v) is 2.49. The van der Waals surface area contributed by atoms with E-state index in [1.165, 1.54) is 10.8 Å². The standard InChI is InChI=1S/C10H10N4O/c1-6-2-3-8(12)9-13-5-7(4-11)10(15)14(6)9/h3,5-6H,2,12H2,1H3. The Hall–Kier alpha value is -2.09. The number of nitrogens with zero attached hydrogens (tertiary/aromatic N) is 3. The molecule has 76 valence electrons. The number of hydrogen-bond donors (Lipinski definition) is 1. The van der Waals surface area contributed by atoms with E-state index in [4.69, 9.17) is 11.0 Å². The van der Waals surface area contributed by atoms with Crippen LogP contribution in [-0.2, 0) is 0 Å². The van der Waals surface area contributed by atoms with Crippen molar-refractivity contribution in [3.63, 3.8) is 0 Å². The van der Waals surface area contributed by atoms with E-state index in [0.29, 0.717) is 17.9 Å². The van der Waals surface area contributed by atoms with Crippen molar-refractivity contribution in [2.75, 3.05) is 0 Å². The van der Waals surface area contributed by atoms with E-state index >= 15 is 0 Å². The van der Waals surface area contributed by atoms with E-state index in [-0.39, 0.29) is 17.2 Å². The number of hydrogen-bond acceptors (Lipinski definition) is 4. The molecular weight excluding hydrogens is 192 g/mol. The Morgan fingerprint density at radius 1 is 1.73 bits per heavy atom. The number of rotatable bonds is 0. The minimum atomic E-state index is -0.314. The van der Waals surface area contributed by atoms with Crippen LogP contribution in [0, 0.1) is 11.3 Å². The van der Waals surface area contributed by atoms with Gasteiger partial charge in [-0.15, -0.1) is 0 Å². The highest BCUT2D eigenvalue weighted by Gasteiger charge is 2.20. The lowest BCUT2D eigenvalue weighted by Gasteiger charge is -2.22. The molecule has 5 heteroatoms. The average molecular weight is 202 g/mol. The molecule has 0 aliphatic carbocycles. The first-order chi connectivity index (χ1) is 7.15. The summed E-state index contributed by atoms with van der Waals surface area (Å²) in [5, 5.41) is 8.72. The normalized spacial score (nSPS) is 18.9. The highest BCUT2D eigenvalue weighted by molar-refractivity contribution is 5.58. The quantitative estimate of drug-likeness (QED) is 0.659. The van der Waals surface area contributed by atoms with Gasteiger partial charge in [0.2, 0.25) is 0 Å². The molecule has 0 bridgehead atoms. The monoisotopic (exact) mass is 202 g/mol. The van der Waals surface area contributed by atoms with Crippen LogP contribution in [0.3, 0.4) is 0 Å². The summed E-state index contributed by atoms with van der Waals surface area (Å²) >= 11 is 0. The fourth-order valence-corrected chi connectivity index (χ4v) is 1.66. The maximum atomic E-state index is 11.8. The van der Waals surface area contributed by atoms with Crippen LogP contribution in [0.25, 0.3) is 5.70 Å². The zero-order chi connectivity index (χ0) is 11.0. The zero-order valence-corrected chi connectivity index (χ0v) is 8.27. The van der Waals surface area contributed by atoms with Gasteiger partial charge < -0.3 is 5.73 Å². The van der Waals surface area contributed by atoms with Crippen LogP contribution in [-0.4, -0.2) is 9.55 Å². The van der Waals surface area contributed by atoms with Gasteiger partial charge in [-0.05, 0) is 13.3 Å². The third-order valence-electron chi connectivity index (χ3n) is 2.49. The van der Waals surface area contributed by atoms with Crippen LogP contribution < -0.4 is 11.3 Å². The van der Waals surface area contributed by atoms with Crippen LogP contribution in [0.15, 0.2) is 17.1 Å². The Morgan fingerprint density at radius 3 is 3.13 bits per heavy atom. The molecule has 0 aromatic carbocycles. The van der Waals surface area contributed by atoms with E-state index in [2.05, 4.69) is 4.98 Å². The van der Waals surface area contributed by atoms with Gasteiger partial charge in [-0.25, -0.2) is 4.98 Å². The first kappa shape index (κ1) is 9.46. The summed E-state index contributed by atoms with van der Waals surface area (Å²) in [6.07, 6.45) is 3.81. The van der Waals surface area contributed by atoms with Crippen molar-refractivity contribution in [1.82, 2.24) is 9.55 Å². The summed E-state index contributed by atoms with van der Waals surface area (Å²) in [7, 11) is 0. The summed E-state index contributed by atoms with van der Waals surface area (Å²) in [6.45, 7) is 1.90. The van der Waals surface area contributed by atoms with Gasteiger partial charge in [0.05, 0.1) is 11.9 Å². The Kier molecular flexibility index (Phi) is 2.05. The highest BCUT2D eigenvalue weighted by Crippen LogP contribution is 2.21. The van der Waals surface area contributed by atoms with Gasteiger partial charge in [-0.2, -0.15) is 5.26 Å². The van der Waals surface area contributed by atoms with E-state index in [1.54, 1.807) is 0 Å². The van der Waals surface area contributed by atoms with Crippen LogP contribution in [0.1, 0.15) is 30.8 Å². The minimum absolute atomic E-state index is 0.000556. The molecule has 0 saturated heterocycles. The van der Waals surface area contributed by atoms with Crippen LogP contribution >= 0.6 is 0 Å². The molecule has 2 heterocycles. The predicted molar refractivity (Wildman–Crippen MR) is 54.7 cm³/mol. The van der Waals surface area contributed by atoms with Crippen LogP contribution in [0.4, 0.5) is 0 Å². The summed E-state index contributed by atoms with van der Waals surface area (Å²) < 4.78 is 1.48. The second-order valence-corrected chi connectivity index (χ2v) is 3.53. The molecule has 0 amide bonds. The lowest BCUT2D eigenvalue weighted by molar-refractivity contribution is 0.508. The van der Waals surface area contributed by atoms with E-state index in [0.717, 1.165) is 0 Å². The van der Waals surface area contributed by atoms with Crippen molar-refractivity contribution in [3.05, 3.63) is 34.0 Å². The number of allylic oxidation sites excluding steroid dienone is 1. The number of nitrogens with two attached hydrogens (primary N) is 1. The molecule has 0 saturated carbocycles. The van der Waals surface area contributed by atoms with Crippen molar-refractivity contribution < 1.29 is 0 Å². The second-order valence-electron chi connectivity index (χ2n) is 3.53. The highest BCUT2D eigenvalue weighted by atomic mass is 16.1. The first-order valence-corrected chi connectivity index (χ1v) is 4.62. The minimum Gasteiger partial charge on any atom is -0.396 e. The molecule has 1 aliphatic rings. The maximum absolute atomic E-state index is 11.8. The fraction of sp³-hybridized carbons (Fsp3) is 0.300. The van der Waals surface area contributed by atoms with E-state index in [9.17, 15) is 4.79 Å². The Balaban J connectivity index is 2.78. The van der Waals surface area contributed by atoms with Crippen molar-refractivity contribution in [2.24, 2.45) is 5.73 Å². The van der Waals surface area contributed by atoms with Crippen molar-refractivity contribution in [1.29, 1.82) is 5.26 Å². The topological polar surface area (TPSA) is 84.7 Å². The molecule has 0 spiro atoms. The van der Waals surface area contributed by atoms with Gasteiger partial charge in [0.15, 0.2) is 5.82 Å². The molecule has 2 rings (SSSR count). The summed E-state index contributed by atoms with van der Waals surface area (Å²) in [4.78, 5) is 15.8. The lowest BCUT2D eigenvalue weighted by Crippen LogP contribution is -2.32. The molecule has 2 N–H and O–H groups in total. The molecule has 5 nitrogen and oxygen atoms in total. The predicted octanol–water partition coefficient (Wildman–Crippen LogP) is 0.379. The molecule has 1 aromatic rings. The van der Waals surface area contributed by atoms with Crippen LogP contribution in [0.5, 0.6) is 0 Å². The Bertz CT molecular complexity index is 535. The van der Waals surface area contributed by atoms with Gasteiger partial charge >= 0.3 is 0 Å². The van der Waals surface area contributed by atoms with Crippen molar-refractivity contribution in [3.8, 4) is 6.07 Å². The molecule has 1 aromatic heterocycles. The molecule has 1 aliphatic heterocycles.